The minimum atomic E-state index is -0.843. The van der Waals surface area contributed by atoms with Crippen LogP contribution in [0.1, 0.15) is 24.8 Å². The van der Waals surface area contributed by atoms with Gasteiger partial charge in [0.2, 0.25) is 0 Å². The van der Waals surface area contributed by atoms with Gasteiger partial charge in [-0.05, 0) is 24.1 Å². The van der Waals surface area contributed by atoms with Gasteiger partial charge >= 0.3 is 5.97 Å². The first kappa shape index (κ1) is 12.0. The molecule has 1 rings (SSSR count). The van der Waals surface area contributed by atoms with E-state index in [1.807, 2.05) is 6.92 Å². The third-order valence-corrected chi connectivity index (χ3v) is 2.24. The summed E-state index contributed by atoms with van der Waals surface area (Å²) in [5.41, 5.74) is 11.8. The standard InChI is InChI=1S/C11H15N3O2/c1-2-9(10(15)16)7-4-3-5-8(6-7)14-11(12)13/h3-6,9H,2H2,1H3,(H,15,16)(H4,12,13,14). The molecule has 0 radical (unpaired) electrons. The lowest BCUT2D eigenvalue weighted by molar-refractivity contribution is -0.138. The first-order chi connectivity index (χ1) is 7.54. The van der Waals surface area contributed by atoms with Gasteiger partial charge in [-0.25, -0.2) is 4.99 Å². The second kappa shape index (κ2) is 5.16. The summed E-state index contributed by atoms with van der Waals surface area (Å²) in [4.78, 5) is 14.9. The zero-order chi connectivity index (χ0) is 12.1. The number of hydrogen-bond donors (Lipinski definition) is 3. The van der Waals surface area contributed by atoms with Gasteiger partial charge in [0.15, 0.2) is 5.96 Å². The smallest absolute Gasteiger partial charge is 0.310 e. The second-order valence-electron chi connectivity index (χ2n) is 3.43. The number of hydrogen-bond acceptors (Lipinski definition) is 2. The third-order valence-electron chi connectivity index (χ3n) is 2.24. The molecule has 1 aromatic rings. The topological polar surface area (TPSA) is 102 Å². The van der Waals surface area contributed by atoms with Crippen molar-refractivity contribution < 1.29 is 9.90 Å². The number of nitrogens with two attached hydrogens (primary N) is 2. The summed E-state index contributed by atoms with van der Waals surface area (Å²) in [7, 11) is 0. The van der Waals surface area contributed by atoms with Crippen LogP contribution in [0.4, 0.5) is 5.69 Å². The Morgan fingerprint density at radius 2 is 2.19 bits per heavy atom. The second-order valence-corrected chi connectivity index (χ2v) is 3.43. The van der Waals surface area contributed by atoms with Gasteiger partial charge in [0.1, 0.15) is 0 Å². The maximum atomic E-state index is 11.0. The summed E-state index contributed by atoms with van der Waals surface area (Å²) >= 11 is 0. The van der Waals surface area contributed by atoms with E-state index in [1.165, 1.54) is 0 Å². The van der Waals surface area contributed by atoms with Gasteiger partial charge in [0.05, 0.1) is 11.6 Å². The van der Waals surface area contributed by atoms with Crippen LogP contribution in [-0.4, -0.2) is 17.0 Å². The molecule has 0 saturated heterocycles. The Kier molecular flexibility index (Phi) is 3.88. The molecule has 0 bridgehead atoms. The molecular formula is C11H15N3O2. The molecule has 5 nitrogen and oxygen atoms in total. The zero-order valence-electron chi connectivity index (χ0n) is 9.05. The van der Waals surface area contributed by atoms with Crippen molar-refractivity contribution in [1.82, 2.24) is 0 Å². The fourth-order valence-electron chi connectivity index (χ4n) is 1.51. The number of carboxylic acids is 1. The monoisotopic (exact) mass is 221 g/mol. The Morgan fingerprint density at radius 1 is 1.50 bits per heavy atom. The van der Waals surface area contributed by atoms with Crippen molar-refractivity contribution in [2.75, 3.05) is 0 Å². The summed E-state index contributed by atoms with van der Waals surface area (Å²) in [5.74, 6) is -1.40. The first-order valence-corrected chi connectivity index (χ1v) is 4.97. The highest BCUT2D eigenvalue weighted by Crippen LogP contribution is 2.23. The van der Waals surface area contributed by atoms with E-state index in [0.717, 1.165) is 0 Å². The Bertz CT molecular complexity index is 411. The summed E-state index contributed by atoms with van der Waals surface area (Å²) in [6, 6.07) is 6.90. The summed E-state index contributed by atoms with van der Waals surface area (Å²) in [5, 5.41) is 9.01. The molecule has 0 aromatic heterocycles. The molecule has 0 fully saturated rings. The lowest BCUT2D eigenvalue weighted by atomic mass is 9.96. The molecule has 0 heterocycles. The Hall–Kier alpha value is -2.04. The van der Waals surface area contributed by atoms with Crippen LogP contribution in [0.15, 0.2) is 29.3 Å². The van der Waals surface area contributed by atoms with Gasteiger partial charge in [-0.3, -0.25) is 4.79 Å². The average molecular weight is 221 g/mol. The maximum absolute atomic E-state index is 11.0. The summed E-state index contributed by atoms with van der Waals surface area (Å²) < 4.78 is 0. The summed E-state index contributed by atoms with van der Waals surface area (Å²) in [6.45, 7) is 1.83. The predicted molar refractivity (Wildman–Crippen MR) is 62.6 cm³/mol. The lowest BCUT2D eigenvalue weighted by Gasteiger charge is -2.10. The fourth-order valence-corrected chi connectivity index (χ4v) is 1.51. The van der Waals surface area contributed by atoms with Crippen molar-refractivity contribution in [2.24, 2.45) is 16.5 Å². The van der Waals surface area contributed by atoms with Crippen LogP contribution < -0.4 is 11.5 Å². The van der Waals surface area contributed by atoms with E-state index >= 15 is 0 Å². The van der Waals surface area contributed by atoms with E-state index in [1.54, 1.807) is 24.3 Å². The van der Waals surface area contributed by atoms with Gasteiger partial charge in [0, 0.05) is 0 Å². The number of carbonyl (C=O) groups is 1. The molecular weight excluding hydrogens is 206 g/mol. The molecule has 5 N–H and O–H groups in total. The minimum absolute atomic E-state index is 0.0412. The molecule has 16 heavy (non-hydrogen) atoms. The molecule has 1 unspecified atom stereocenters. The molecule has 1 aromatic carbocycles. The van der Waals surface area contributed by atoms with Gasteiger partial charge < -0.3 is 16.6 Å². The number of aliphatic imine (C=N–C) groups is 1. The lowest BCUT2D eigenvalue weighted by Crippen LogP contribution is -2.21. The number of carboxylic acid groups (broad SMARTS) is 1. The van der Waals surface area contributed by atoms with Crippen molar-refractivity contribution in [3.63, 3.8) is 0 Å². The molecule has 0 aliphatic rings. The van der Waals surface area contributed by atoms with Gasteiger partial charge in [-0.15, -0.1) is 0 Å². The quantitative estimate of drug-likeness (QED) is 0.524. The maximum Gasteiger partial charge on any atom is 0.310 e. The SMILES string of the molecule is CCC(C(=O)O)c1cccc(N=C(N)N)c1. The Morgan fingerprint density at radius 3 is 2.69 bits per heavy atom. The number of nitrogens with zero attached hydrogens (tertiary/aromatic N) is 1. The molecule has 0 aliphatic carbocycles. The van der Waals surface area contributed by atoms with E-state index in [4.69, 9.17) is 16.6 Å². The van der Waals surface area contributed by atoms with E-state index in [2.05, 4.69) is 4.99 Å². The molecule has 0 saturated carbocycles. The van der Waals surface area contributed by atoms with E-state index in [-0.39, 0.29) is 5.96 Å². The molecule has 1 atom stereocenters. The Labute approximate surface area is 93.8 Å². The van der Waals surface area contributed by atoms with Crippen LogP contribution in [0.3, 0.4) is 0 Å². The highest BCUT2D eigenvalue weighted by atomic mass is 16.4. The van der Waals surface area contributed by atoms with E-state index in [0.29, 0.717) is 17.7 Å². The number of aliphatic carboxylic acids is 1. The minimum Gasteiger partial charge on any atom is -0.481 e. The van der Waals surface area contributed by atoms with Crippen molar-refractivity contribution in [3.05, 3.63) is 29.8 Å². The highest BCUT2D eigenvalue weighted by molar-refractivity contribution is 5.80. The van der Waals surface area contributed by atoms with Gasteiger partial charge in [0.25, 0.3) is 0 Å². The van der Waals surface area contributed by atoms with Crippen molar-refractivity contribution >= 4 is 17.6 Å². The molecule has 86 valence electrons. The van der Waals surface area contributed by atoms with Crippen molar-refractivity contribution in [1.29, 1.82) is 0 Å². The predicted octanol–water partition coefficient (Wildman–Crippen LogP) is 1.17. The van der Waals surface area contributed by atoms with E-state index < -0.39 is 11.9 Å². The van der Waals surface area contributed by atoms with E-state index in [9.17, 15) is 4.79 Å². The van der Waals surface area contributed by atoms with Crippen LogP contribution in [0.25, 0.3) is 0 Å². The average Bonchev–Trinajstić information content (AvgIpc) is 2.17. The third kappa shape index (κ3) is 2.98. The van der Waals surface area contributed by atoms with Gasteiger partial charge in [-0.2, -0.15) is 0 Å². The number of guanidine groups is 1. The number of benzene rings is 1. The molecule has 0 aliphatic heterocycles. The van der Waals surface area contributed by atoms with Crippen LogP contribution in [0.5, 0.6) is 0 Å². The van der Waals surface area contributed by atoms with Crippen LogP contribution in [0, 0.1) is 0 Å². The molecule has 0 amide bonds. The largest absolute Gasteiger partial charge is 0.481 e. The summed E-state index contributed by atoms with van der Waals surface area (Å²) in [6.07, 6.45) is 0.528. The Balaban J connectivity index is 3.06. The van der Waals surface area contributed by atoms with Crippen molar-refractivity contribution in [2.45, 2.75) is 19.3 Å². The normalized spacial score (nSPS) is 11.8. The van der Waals surface area contributed by atoms with Crippen LogP contribution in [0.2, 0.25) is 0 Å². The van der Waals surface area contributed by atoms with Crippen LogP contribution >= 0.6 is 0 Å². The fraction of sp³-hybridized carbons (Fsp3) is 0.273. The van der Waals surface area contributed by atoms with Gasteiger partial charge in [-0.1, -0.05) is 19.1 Å². The van der Waals surface area contributed by atoms with Crippen LogP contribution in [-0.2, 0) is 4.79 Å². The molecule has 0 spiro atoms. The first-order valence-electron chi connectivity index (χ1n) is 4.97. The molecule has 5 heteroatoms. The zero-order valence-corrected chi connectivity index (χ0v) is 9.05. The number of rotatable bonds is 4. The van der Waals surface area contributed by atoms with Crippen molar-refractivity contribution in [3.8, 4) is 0 Å². The highest BCUT2D eigenvalue weighted by Gasteiger charge is 2.17.